The Labute approximate surface area is 221 Å². The molecule has 1 aliphatic carbocycles. The van der Waals surface area contributed by atoms with Gasteiger partial charge in [-0.05, 0) is 48.2 Å². The van der Waals surface area contributed by atoms with Crippen molar-refractivity contribution in [3.05, 3.63) is 108 Å². The number of aliphatic hydroxyl groups is 1. The van der Waals surface area contributed by atoms with Gasteiger partial charge < -0.3 is 28.5 Å². The molecule has 4 aromatic rings. The minimum absolute atomic E-state index is 0.0461. The molecule has 0 radical (unpaired) electrons. The molecule has 3 atom stereocenters. The molecule has 1 N–H and O–H groups in total. The third-order valence-electron chi connectivity index (χ3n) is 7.46. The van der Waals surface area contributed by atoms with E-state index in [4.69, 9.17) is 18.9 Å². The van der Waals surface area contributed by atoms with Crippen LogP contribution in [0.4, 0.5) is 0 Å². The Balaban J connectivity index is 0.000000366. The first-order valence-electron chi connectivity index (χ1n) is 12.4. The van der Waals surface area contributed by atoms with Crippen LogP contribution in [0.15, 0.2) is 89.5 Å². The van der Waals surface area contributed by atoms with Crippen molar-refractivity contribution >= 4 is 6.29 Å². The number of ether oxygens (including phenoxy) is 4. The number of furan rings is 1. The lowest BCUT2D eigenvalue weighted by Gasteiger charge is -2.40. The number of benzene rings is 3. The van der Waals surface area contributed by atoms with Crippen molar-refractivity contribution in [3.8, 4) is 23.0 Å². The van der Waals surface area contributed by atoms with Gasteiger partial charge in [-0.2, -0.15) is 0 Å². The van der Waals surface area contributed by atoms with Crippen LogP contribution in [-0.4, -0.2) is 32.7 Å². The second kappa shape index (κ2) is 10.3. The smallest absolute Gasteiger partial charge is 0.185 e. The Hall–Kier alpha value is -4.23. The third-order valence-corrected chi connectivity index (χ3v) is 7.46. The minimum atomic E-state index is -1.25. The summed E-state index contributed by atoms with van der Waals surface area (Å²) in [7, 11) is 4.86. The third kappa shape index (κ3) is 4.00. The number of fused-ring (bicyclic) bond motifs is 3. The Kier molecular flexibility index (Phi) is 6.87. The van der Waals surface area contributed by atoms with E-state index in [1.165, 1.54) is 6.26 Å². The van der Waals surface area contributed by atoms with E-state index in [1.54, 1.807) is 39.5 Å². The molecule has 1 fully saturated rings. The van der Waals surface area contributed by atoms with E-state index in [9.17, 15) is 9.90 Å². The summed E-state index contributed by atoms with van der Waals surface area (Å²) < 4.78 is 27.9. The summed E-state index contributed by atoms with van der Waals surface area (Å²) in [5.74, 6) is 2.87. The molecule has 0 saturated heterocycles. The van der Waals surface area contributed by atoms with E-state index in [0.717, 1.165) is 23.3 Å². The van der Waals surface area contributed by atoms with Crippen molar-refractivity contribution in [2.24, 2.45) is 0 Å². The van der Waals surface area contributed by atoms with Gasteiger partial charge in [0.1, 0.15) is 28.6 Å². The highest BCUT2D eigenvalue weighted by molar-refractivity contribution is 5.70. The van der Waals surface area contributed by atoms with Gasteiger partial charge >= 0.3 is 0 Å². The predicted octanol–water partition coefficient (Wildman–Crippen LogP) is 5.86. The van der Waals surface area contributed by atoms with Crippen LogP contribution in [0.2, 0.25) is 0 Å². The fraction of sp³-hybridized carbons (Fsp3) is 0.258. The Morgan fingerprint density at radius 1 is 0.895 bits per heavy atom. The summed E-state index contributed by atoms with van der Waals surface area (Å²) in [6.07, 6.45) is 3.46. The van der Waals surface area contributed by atoms with Crippen molar-refractivity contribution < 1.29 is 33.3 Å². The molecule has 1 saturated carbocycles. The van der Waals surface area contributed by atoms with Crippen LogP contribution in [0.5, 0.6) is 23.0 Å². The summed E-state index contributed by atoms with van der Waals surface area (Å²) in [6.45, 7) is 0. The molecule has 2 aliphatic rings. The maximum atomic E-state index is 12.3. The number of methoxy groups -OCH3 is 3. The zero-order valence-electron chi connectivity index (χ0n) is 21.5. The molecular weight excluding hydrogens is 484 g/mol. The average molecular weight is 515 g/mol. The van der Waals surface area contributed by atoms with Crippen molar-refractivity contribution in [1.29, 1.82) is 0 Å². The van der Waals surface area contributed by atoms with Gasteiger partial charge in [0.2, 0.25) is 0 Å². The van der Waals surface area contributed by atoms with Crippen molar-refractivity contribution in [2.75, 3.05) is 21.3 Å². The zero-order chi connectivity index (χ0) is 26.8. The molecule has 38 heavy (non-hydrogen) atoms. The molecule has 0 bridgehead atoms. The molecule has 3 unspecified atom stereocenters. The van der Waals surface area contributed by atoms with Gasteiger partial charge in [0.15, 0.2) is 17.6 Å². The number of carbonyl (C=O) groups is 1. The van der Waals surface area contributed by atoms with Crippen LogP contribution in [0.1, 0.15) is 46.0 Å². The summed E-state index contributed by atoms with van der Waals surface area (Å²) in [5, 5.41) is 12.3. The zero-order valence-corrected chi connectivity index (χ0v) is 21.5. The van der Waals surface area contributed by atoms with Crippen LogP contribution in [0.25, 0.3) is 0 Å². The van der Waals surface area contributed by atoms with E-state index in [-0.39, 0.29) is 5.92 Å². The summed E-state index contributed by atoms with van der Waals surface area (Å²) in [6, 6.07) is 25.0. The second-order valence-corrected chi connectivity index (χ2v) is 9.26. The Morgan fingerprint density at radius 2 is 1.63 bits per heavy atom. The maximum Gasteiger partial charge on any atom is 0.185 e. The molecule has 7 heteroatoms. The fourth-order valence-electron chi connectivity index (χ4n) is 5.79. The Morgan fingerprint density at radius 3 is 2.21 bits per heavy atom. The molecule has 3 aromatic carbocycles. The van der Waals surface area contributed by atoms with E-state index in [2.05, 4.69) is 16.5 Å². The monoisotopic (exact) mass is 514 g/mol. The molecule has 196 valence electrons. The first kappa shape index (κ1) is 25.4. The van der Waals surface area contributed by atoms with Crippen molar-refractivity contribution in [3.63, 3.8) is 0 Å². The molecular formula is C31H30O7. The van der Waals surface area contributed by atoms with Gasteiger partial charge in [-0.15, -0.1) is 0 Å². The molecule has 1 aliphatic heterocycles. The summed E-state index contributed by atoms with van der Waals surface area (Å²) >= 11 is 0. The fourth-order valence-corrected chi connectivity index (χ4v) is 5.79. The van der Waals surface area contributed by atoms with Gasteiger partial charge in [0, 0.05) is 18.1 Å². The second-order valence-electron chi connectivity index (χ2n) is 9.26. The van der Waals surface area contributed by atoms with Gasteiger partial charge in [0.05, 0.1) is 33.2 Å². The van der Waals surface area contributed by atoms with Gasteiger partial charge in [0.25, 0.3) is 0 Å². The van der Waals surface area contributed by atoms with Gasteiger partial charge in [-0.1, -0.05) is 42.5 Å². The molecule has 1 aromatic heterocycles. The molecule has 6 rings (SSSR count). The molecule has 2 heterocycles. The van der Waals surface area contributed by atoms with E-state index < -0.39 is 11.2 Å². The van der Waals surface area contributed by atoms with Crippen molar-refractivity contribution in [2.45, 2.75) is 30.0 Å². The topological polar surface area (TPSA) is 87.4 Å². The Bertz CT molecular complexity index is 1380. The lowest BCUT2D eigenvalue weighted by molar-refractivity contribution is -0.106. The normalized spacial score (nSPS) is 22.8. The number of aldehydes is 1. The average Bonchev–Trinajstić information content (AvgIpc) is 3.66. The standard InChI is InChI=1S/C26H26O5.C5H4O2/c1-28-19-11-9-18(10-12-19)26-21(17-7-5-4-6-8-17)13-14-25(26,27)24-22(30-3)15-20(29-2)16-23(24)31-26;6-4-5-2-1-3-7-5/h4-12,15-16,21,27H,13-14H2,1-3H3;1-4H. The number of carbonyl (C=O) groups excluding carboxylic acids is 1. The molecule has 0 spiro atoms. The number of rotatable bonds is 6. The largest absolute Gasteiger partial charge is 0.497 e. The van der Waals surface area contributed by atoms with Gasteiger partial charge in [-0.3, -0.25) is 4.79 Å². The number of hydrogen-bond acceptors (Lipinski definition) is 7. The lowest BCUT2D eigenvalue weighted by Crippen LogP contribution is -2.48. The van der Waals surface area contributed by atoms with Crippen LogP contribution in [0, 0.1) is 0 Å². The van der Waals surface area contributed by atoms with Gasteiger partial charge in [-0.25, -0.2) is 0 Å². The summed E-state index contributed by atoms with van der Waals surface area (Å²) in [5.41, 5.74) is 0.467. The predicted molar refractivity (Wildman–Crippen MR) is 141 cm³/mol. The quantitative estimate of drug-likeness (QED) is 0.323. The highest BCUT2D eigenvalue weighted by Gasteiger charge is 2.69. The maximum absolute atomic E-state index is 12.3. The first-order valence-corrected chi connectivity index (χ1v) is 12.4. The number of hydrogen-bond donors (Lipinski definition) is 1. The van der Waals surface area contributed by atoms with E-state index in [0.29, 0.717) is 41.3 Å². The van der Waals surface area contributed by atoms with Crippen LogP contribution >= 0.6 is 0 Å². The minimum Gasteiger partial charge on any atom is -0.497 e. The van der Waals surface area contributed by atoms with Crippen LogP contribution in [0.3, 0.4) is 0 Å². The van der Waals surface area contributed by atoms with E-state index >= 15 is 0 Å². The van der Waals surface area contributed by atoms with E-state index in [1.807, 2.05) is 48.5 Å². The SMILES string of the molecule is COc1ccc(C23Oc4cc(OC)cc(OC)c4C2(O)CCC3c2ccccc2)cc1.O=Cc1ccco1. The van der Waals surface area contributed by atoms with Crippen LogP contribution < -0.4 is 18.9 Å². The highest BCUT2D eigenvalue weighted by Crippen LogP contribution is 2.68. The lowest BCUT2D eigenvalue weighted by atomic mass is 9.71. The van der Waals surface area contributed by atoms with Crippen LogP contribution in [-0.2, 0) is 11.2 Å². The molecule has 0 amide bonds. The highest BCUT2D eigenvalue weighted by atomic mass is 16.5. The van der Waals surface area contributed by atoms with Crippen molar-refractivity contribution in [1.82, 2.24) is 0 Å². The molecule has 7 nitrogen and oxygen atoms in total. The first-order chi connectivity index (χ1) is 18.5. The summed E-state index contributed by atoms with van der Waals surface area (Å²) in [4.78, 5) is 9.77.